The molecular weight excluding hydrogens is 362 g/mol. The van der Waals surface area contributed by atoms with Gasteiger partial charge < -0.3 is 19.7 Å². The Morgan fingerprint density at radius 2 is 2.00 bits per heavy atom. The fraction of sp³-hybridized carbons (Fsp3) is 0.529. The summed E-state index contributed by atoms with van der Waals surface area (Å²) in [6.45, 7) is 5.98. The number of benzene rings is 1. The van der Waals surface area contributed by atoms with Crippen LogP contribution < -0.4 is 20.4 Å². The van der Waals surface area contributed by atoms with Crippen molar-refractivity contribution < 1.29 is 23.2 Å². The number of hydrazone groups is 1. The molecule has 0 saturated carbocycles. The van der Waals surface area contributed by atoms with Gasteiger partial charge in [0.25, 0.3) is 0 Å². The number of hydrogen-bond donors (Lipinski definition) is 3. The van der Waals surface area contributed by atoms with Gasteiger partial charge in [-0.25, -0.2) is 0 Å². The minimum Gasteiger partial charge on any atom is -0.434 e. The molecule has 3 N–H and O–H groups in total. The summed E-state index contributed by atoms with van der Waals surface area (Å²) < 4.78 is 34.7. The average Bonchev–Trinajstić information content (AvgIpc) is 2.59. The average molecular weight is 387 g/mol. The highest BCUT2D eigenvalue weighted by Gasteiger charge is 2.13. The van der Waals surface area contributed by atoms with E-state index in [-0.39, 0.29) is 5.75 Å². The number of nitrogens with zero attached hydrogens (tertiary/aromatic N) is 1. The lowest BCUT2D eigenvalue weighted by molar-refractivity contribution is -0.906. The van der Waals surface area contributed by atoms with Crippen molar-refractivity contribution in [1.29, 1.82) is 0 Å². The summed E-state index contributed by atoms with van der Waals surface area (Å²) in [5.74, 6) is 0.202. The lowest BCUT2D eigenvalue weighted by atomic mass is 10.1. The van der Waals surface area contributed by atoms with Gasteiger partial charge in [-0.15, -0.1) is 0 Å². The van der Waals surface area contributed by atoms with Crippen LogP contribution in [0.3, 0.4) is 0 Å². The van der Waals surface area contributed by atoms with E-state index in [0.717, 1.165) is 45.0 Å². The van der Waals surface area contributed by atoms with Crippen LogP contribution in [-0.4, -0.2) is 57.3 Å². The van der Waals surface area contributed by atoms with Crippen molar-refractivity contribution in [2.75, 3.05) is 39.4 Å². The summed E-state index contributed by atoms with van der Waals surface area (Å²) in [4.78, 5) is 1.49. The molecule has 144 valence electrons. The zero-order valence-corrected chi connectivity index (χ0v) is 15.8. The number of halogens is 2. The first-order valence-electron chi connectivity index (χ1n) is 8.50. The summed E-state index contributed by atoms with van der Waals surface area (Å²) in [6, 6.07) is 3.46. The standard InChI is InChI=1S/C17H24F2N4O2S/c1-12-9-14(10-13(2)15(12)25-16(18)19)11-21-22-17(26)20-3-4-23-5-7-24-8-6-23/h9-11,16H,3-8H2,1-2H3,(H2,20,22,26)/p+1/b21-11-. The first-order valence-corrected chi connectivity index (χ1v) is 8.91. The first kappa shape index (κ1) is 20.5. The maximum Gasteiger partial charge on any atom is 0.387 e. The summed E-state index contributed by atoms with van der Waals surface area (Å²) in [5, 5.41) is 7.64. The summed E-state index contributed by atoms with van der Waals surface area (Å²) in [7, 11) is 0. The number of thiocarbonyl (C=S) groups is 1. The van der Waals surface area contributed by atoms with Gasteiger partial charge in [0.15, 0.2) is 5.11 Å². The Labute approximate surface area is 157 Å². The van der Waals surface area contributed by atoms with Gasteiger partial charge in [-0.3, -0.25) is 5.43 Å². The van der Waals surface area contributed by atoms with Crippen LogP contribution in [-0.2, 0) is 4.74 Å². The number of rotatable bonds is 7. The molecule has 1 saturated heterocycles. The van der Waals surface area contributed by atoms with E-state index in [9.17, 15) is 8.78 Å². The fourth-order valence-electron chi connectivity index (χ4n) is 2.80. The molecule has 1 heterocycles. The molecule has 2 rings (SSSR count). The molecule has 9 heteroatoms. The van der Waals surface area contributed by atoms with Crippen LogP contribution in [0.2, 0.25) is 0 Å². The molecule has 1 aliphatic rings. The van der Waals surface area contributed by atoms with E-state index in [1.165, 1.54) is 4.90 Å². The Kier molecular flexibility index (Phi) is 8.14. The van der Waals surface area contributed by atoms with Crippen LogP contribution in [0.15, 0.2) is 17.2 Å². The van der Waals surface area contributed by atoms with Gasteiger partial charge in [0.1, 0.15) is 18.8 Å². The monoisotopic (exact) mass is 387 g/mol. The van der Waals surface area contributed by atoms with Crippen LogP contribution in [0.1, 0.15) is 16.7 Å². The van der Waals surface area contributed by atoms with E-state index in [2.05, 4.69) is 20.6 Å². The van der Waals surface area contributed by atoms with Crippen molar-refractivity contribution in [3.05, 3.63) is 28.8 Å². The van der Waals surface area contributed by atoms with Crippen LogP contribution in [0.4, 0.5) is 8.78 Å². The predicted molar refractivity (Wildman–Crippen MR) is 100 cm³/mol. The van der Waals surface area contributed by atoms with Crippen LogP contribution in [0.5, 0.6) is 5.75 Å². The number of ether oxygens (including phenoxy) is 2. The minimum absolute atomic E-state index is 0.202. The number of aryl methyl sites for hydroxylation is 2. The summed E-state index contributed by atoms with van der Waals surface area (Å²) >= 11 is 5.18. The third kappa shape index (κ3) is 6.81. The molecule has 0 spiro atoms. The number of nitrogens with one attached hydrogen (secondary N) is 3. The van der Waals surface area contributed by atoms with Gasteiger partial charge in [-0.05, 0) is 54.9 Å². The Hall–Kier alpha value is -1.84. The lowest BCUT2D eigenvalue weighted by Gasteiger charge is -2.23. The Balaban J connectivity index is 1.77. The molecule has 0 aliphatic carbocycles. The smallest absolute Gasteiger partial charge is 0.387 e. The topological polar surface area (TPSA) is 59.3 Å². The van der Waals surface area contributed by atoms with E-state index in [4.69, 9.17) is 17.0 Å². The van der Waals surface area contributed by atoms with Gasteiger partial charge in [0, 0.05) is 0 Å². The van der Waals surface area contributed by atoms with Crippen molar-refractivity contribution in [2.45, 2.75) is 20.5 Å². The SMILES string of the molecule is Cc1cc(/C=N\NC(=S)NCC[NH+]2CCOCC2)cc(C)c1OC(F)F. The molecule has 0 aromatic heterocycles. The molecule has 0 atom stereocenters. The third-order valence-corrected chi connectivity index (χ3v) is 4.27. The minimum atomic E-state index is -2.84. The number of quaternary nitrogens is 1. The zero-order valence-electron chi connectivity index (χ0n) is 15.0. The van der Waals surface area contributed by atoms with E-state index >= 15 is 0 Å². The van der Waals surface area contributed by atoms with E-state index in [1.807, 2.05) is 0 Å². The summed E-state index contributed by atoms with van der Waals surface area (Å²) in [5.41, 5.74) is 4.78. The zero-order chi connectivity index (χ0) is 18.9. The highest BCUT2D eigenvalue weighted by Crippen LogP contribution is 2.25. The molecule has 1 aliphatic heterocycles. The van der Waals surface area contributed by atoms with Crippen molar-refractivity contribution in [1.82, 2.24) is 10.7 Å². The second-order valence-electron chi connectivity index (χ2n) is 6.10. The van der Waals surface area contributed by atoms with Gasteiger partial charge in [-0.1, -0.05) is 0 Å². The Morgan fingerprint density at radius 3 is 2.62 bits per heavy atom. The molecule has 1 aromatic carbocycles. The van der Waals surface area contributed by atoms with Crippen molar-refractivity contribution in [3.63, 3.8) is 0 Å². The lowest BCUT2D eigenvalue weighted by Crippen LogP contribution is -3.14. The number of alkyl halides is 2. The van der Waals surface area contributed by atoms with Crippen molar-refractivity contribution in [2.24, 2.45) is 5.10 Å². The van der Waals surface area contributed by atoms with Crippen LogP contribution >= 0.6 is 12.2 Å². The van der Waals surface area contributed by atoms with E-state index < -0.39 is 6.61 Å². The summed E-state index contributed by atoms with van der Waals surface area (Å²) in [6.07, 6.45) is 1.59. The molecule has 1 aromatic rings. The molecule has 0 bridgehead atoms. The molecular formula is C17H25F2N4O2S+. The molecule has 26 heavy (non-hydrogen) atoms. The second-order valence-corrected chi connectivity index (χ2v) is 6.51. The third-order valence-electron chi connectivity index (χ3n) is 4.03. The van der Waals surface area contributed by atoms with Gasteiger partial charge >= 0.3 is 6.61 Å². The van der Waals surface area contributed by atoms with Gasteiger partial charge in [0.2, 0.25) is 0 Å². The molecule has 1 fully saturated rings. The maximum absolute atomic E-state index is 12.4. The van der Waals surface area contributed by atoms with Gasteiger partial charge in [0.05, 0.1) is 32.5 Å². The molecule has 0 radical (unpaired) electrons. The Morgan fingerprint density at radius 1 is 1.35 bits per heavy atom. The van der Waals surface area contributed by atoms with Crippen molar-refractivity contribution in [3.8, 4) is 5.75 Å². The van der Waals surface area contributed by atoms with E-state index in [1.54, 1.807) is 32.2 Å². The molecule has 6 nitrogen and oxygen atoms in total. The van der Waals surface area contributed by atoms with Gasteiger partial charge in [-0.2, -0.15) is 13.9 Å². The van der Waals surface area contributed by atoms with Crippen molar-refractivity contribution >= 4 is 23.5 Å². The Bertz CT molecular complexity index is 614. The normalized spacial score (nSPS) is 15.4. The van der Waals surface area contributed by atoms with E-state index in [0.29, 0.717) is 16.2 Å². The largest absolute Gasteiger partial charge is 0.434 e. The molecule has 0 amide bonds. The maximum atomic E-state index is 12.4. The number of hydrogen-bond acceptors (Lipinski definition) is 4. The quantitative estimate of drug-likeness (QED) is 0.364. The first-order chi connectivity index (χ1) is 12.5. The highest BCUT2D eigenvalue weighted by molar-refractivity contribution is 7.80. The highest BCUT2D eigenvalue weighted by atomic mass is 32.1. The predicted octanol–water partition coefficient (Wildman–Crippen LogP) is 0.618. The van der Waals surface area contributed by atoms with Crippen LogP contribution in [0, 0.1) is 13.8 Å². The molecule has 0 unspecified atom stereocenters. The fourth-order valence-corrected chi connectivity index (χ4v) is 2.96. The number of morpholine rings is 1. The van der Waals surface area contributed by atoms with Crippen LogP contribution in [0.25, 0.3) is 0 Å². The second kappa shape index (κ2) is 10.3.